The molecule has 8 amide bonds. The van der Waals surface area contributed by atoms with Crippen LogP contribution in [0.25, 0.3) is 21.8 Å². The monoisotopic (exact) mass is 1480 g/mol. The standard InChI is InChI=1S/C70H100N16O16S2/c1-36(2)23-52-69(101)86-60(37(3)4)70(102)82-51(24-41-28-74-46-17-11-9-15-44(41)46)63(95)56(80-61(39(6)87)40(7)88)33-104-35-103-32-55(62(94)50(72-8)27-59(92)93)78-38(5)64(96)83-53(25-42-29-75-47-18-12-10-16-45(42)47)67(99)85-54(26-43-30-73-34-77-43)68(100)81-48(19-13-14-22-71)65(97)76-31-57(89)79-49(66(98)84-52)20-21-58(90)91/h9-12,15-18,28-30,34,36-39,48-56,60-61,72,74-75,78,80,87H,13-14,19-27,31-33,35,71H2,1-8H3,(H,73,77)(H,76,97)(H,79,89)(H,81,100)(H,82,102)(H,83,96)(H,84,98)(H,85,99)(H,86,101)(H,90,91)(H,92,93)/t38-,39+,48-,49-,50-,51-,52-,53-,54-,55?,56?,60-,61-/m0/s1. The summed E-state index contributed by atoms with van der Waals surface area (Å²) < 4.78 is 0. The molecule has 3 aromatic heterocycles. The number of hydrogen-bond donors (Lipinski definition) is 18. The Morgan fingerprint density at radius 1 is 0.644 bits per heavy atom. The lowest BCUT2D eigenvalue weighted by Gasteiger charge is -2.31. The van der Waals surface area contributed by atoms with Crippen LogP contribution < -0.4 is 64.2 Å². The van der Waals surface area contributed by atoms with Crippen LogP contribution in [0.3, 0.4) is 0 Å². The van der Waals surface area contributed by atoms with Gasteiger partial charge in [0.2, 0.25) is 47.3 Å². The Hall–Kier alpha value is -9.06. The molecule has 568 valence electrons. The molecular formula is C70H100N16O16S2. The van der Waals surface area contributed by atoms with Gasteiger partial charge in [0.25, 0.3) is 0 Å². The summed E-state index contributed by atoms with van der Waals surface area (Å²) >= 11 is 2.34. The molecular weight excluding hydrogens is 1380 g/mol. The van der Waals surface area contributed by atoms with E-state index < -0.39 is 187 Å². The number of nitrogens with two attached hydrogens (primary N) is 1. The van der Waals surface area contributed by atoms with Gasteiger partial charge in [-0.3, -0.25) is 73.0 Å². The van der Waals surface area contributed by atoms with Gasteiger partial charge in [-0.05, 0) is 102 Å². The van der Waals surface area contributed by atoms with E-state index in [1.807, 2.05) is 12.1 Å². The number of likely N-dealkylation sites (N-methyl/N-ethyl adjacent to an activating group) is 1. The number of thioether (sulfide) groups is 2. The first-order valence-electron chi connectivity index (χ1n) is 34.7. The van der Waals surface area contributed by atoms with Crippen LogP contribution in [0.15, 0.2) is 73.4 Å². The minimum atomic E-state index is -1.62. The van der Waals surface area contributed by atoms with E-state index >= 15 is 9.59 Å². The van der Waals surface area contributed by atoms with Crippen molar-refractivity contribution in [2.75, 3.05) is 36.7 Å². The van der Waals surface area contributed by atoms with Crippen LogP contribution in [0.1, 0.15) is 110 Å². The first kappa shape index (κ1) is 83.9. The number of aromatic nitrogens is 4. The maximum atomic E-state index is 15.5. The number of fused-ring (bicyclic) bond motifs is 2. The van der Waals surface area contributed by atoms with Crippen molar-refractivity contribution < 1.29 is 77.6 Å². The van der Waals surface area contributed by atoms with Crippen LogP contribution in [0.5, 0.6) is 0 Å². The predicted octanol–water partition coefficient (Wildman–Crippen LogP) is -0.112. The molecule has 0 aliphatic carbocycles. The van der Waals surface area contributed by atoms with E-state index in [0.717, 1.165) is 0 Å². The van der Waals surface area contributed by atoms with E-state index in [-0.39, 0.29) is 67.6 Å². The number of nitrogens with one attached hydrogen (secondary N) is 14. The van der Waals surface area contributed by atoms with E-state index in [0.29, 0.717) is 45.0 Å². The molecule has 34 heteroatoms. The summed E-state index contributed by atoms with van der Waals surface area (Å²) in [6.45, 7) is 10.2. The molecule has 0 bridgehead atoms. The SMILES string of the molecule is CN[C@@H](CC(=O)O)C(=O)C1CSCSCC(N[C@H](C(C)=O)[C@@H](C)O)C(=O)[C@H](Cc2c[nH]c3ccccc23)NC(=O)[C@H](C(C)C)NC(=O)[C@H](CC(C)C)NC(=O)[C@H](CCC(=O)O)NC(=O)CNC(=O)[C@H](CCCCN)NC(=O)[C@H](Cc2cnc[nH]2)NC(=O)[C@H](Cc2c[nH]c3ccccc23)NC(=O)[C@H](C)N1. The summed E-state index contributed by atoms with van der Waals surface area (Å²) in [6, 6.07) is -2.18. The van der Waals surface area contributed by atoms with Gasteiger partial charge in [-0.15, -0.1) is 23.5 Å². The van der Waals surface area contributed by atoms with Crippen molar-refractivity contribution >= 4 is 122 Å². The molecule has 1 fully saturated rings. The van der Waals surface area contributed by atoms with Crippen LogP contribution in [0, 0.1) is 11.8 Å². The maximum absolute atomic E-state index is 15.5. The molecule has 0 spiro atoms. The van der Waals surface area contributed by atoms with Gasteiger partial charge >= 0.3 is 11.9 Å². The highest BCUT2D eigenvalue weighted by Crippen LogP contribution is 2.24. The molecule has 1 aliphatic rings. The van der Waals surface area contributed by atoms with E-state index in [1.54, 1.807) is 76.5 Å². The molecule has 2 aromatic carbocycles. The quantitative estimate of drug-likeness (QED) is 0.0339. The Morgan fingerprint density at radius 3 is 1.77 bits per heavy atom. The smallest absolute Gasteiger partial charge is 0.305 e. The number of benzene rings is 2. The number of amides is 8. The van der Waals surface area contributed by atoms with Gasteiger partial charge in [0.1, 0.15) is 42.0 Å². The number of imidazole rings is 1. The molecule has 32 nitrogen and oxygen atoms in total. The topological polar surface area (TPSA) is 501 Å². The number of carbonyl (C=O) groups is 13. The zero-order chi connectivity index (χ0) is 76.3. The van der Waals surface area contributed by atoms with Crippen molar-refractivity contribution in [2.45, 2.75) is 191 Å². The highest BCUT2D eigenvalue weighted by Gasteiger charge is 2.39. The summed E-state index contributed by atoms with van der Waals surface area (Å²) in [5.41, 5.74) is 8.78. The zero-order valence-corrected chi connectivity index (χ0v) is 61.3. The Bertz CT molecular complexity index is 3770. The predicted molar refractivity (Wildman–Crippen MR) is 391 cm³/mol. The van der Waals surface area contributed by atoms with E-state index in [2.05, 4.69) is 78.4 Å². The molecule has 0 saturated carbocycles. The third-order valence-electron chi connectivity index (χ3n) is 17.6. The van der Waals surface area contributed by atoms with E-state index in [9.17, 15) is 68.1 Å². The number of aliphatic carboxylic acids is 2. The number of hydrogen-bond acceptors (Lipinski definition) is 21. The molecule has 5 aromatic rings. The summed E-state index contributed by atoms with van der Waals surface area (Å²) in [5, 5.41) is 62.4. The van der Waals surface area contributed by atoms with Gasteiger partial charge in [0.05, 0.1) is 61.6 Å². The van der Waals surface area contributed by atoms with Gasteiger partial charge in [-0.1, -0.05) is 64.1 Å². The molecule has 13 atom stereocenters. The molecule has 1 aliphatic heterocycles. The fraction of sp³-hybridized carbons (Fsp3) is 0.543. The first-order valence-corrected chi connectivity index (χ1v) is 37.0. The summed E-state index contributed by atoms with van der Waals surface area (Å²) in [7, 11) is 1.40. The van der Waals surface area contributed by atoms with Crippen LogP contribution in [-0.2, 0) is 81.6 Å². The molecule has 2 unspecified atom stereocenters. The number of nitrogens with zero attached hydrogens (tertiary/aromatic N) is 1. The lowest BCUT2D eigenvalue weighted by molar-refractivity contribution is -0.140. The largest absolute Gasteiger partial charge is 0.481 e. The lowest BCUT2D eigenvalue weighted by Crippen LogP contribution is -2.61. The van der Waals surface area contributed by atoms with Gasteiger partial charge in [-0.2, -0.15) is 0 Å². The summed E-state index contributed by atoms with van der Waals surface area (Å²) in [4.78, 5) is 197. The summed E-state index contributed by atoms with van der Waals surface area (Å²) in [6.07, 6.45) is 3.05. The number of ketones is 3. The average molecular weight is 1490 g/mol. The van der Waals surface area contributed by atoms with Crippen molar-refractivity contribution in [3.8, 4) is 0 Å². The number of rotatable bonds is 25. The van der Waals surface area contributed by atoms with Crippen molar-refractivity contribution in [1.29, 1.82) is 0 Å². The molecule has 6 rings (SSSR count). The third kappa shape index (κ3) is 25.7. The van der Waals surface area contributed by atoms with Crippen molar-refractivity contribution in [3.63, 3.8) is 0 Å². The van der Waals surface area contributed by atoms with Gasteiger partial charge in [-0.25, -0.2) is 4.98 Å². The van der Waals surface area contributed by atoms with E-state index in [1.165, 1.54) is 63.9 Å². The Balaban J connectivity index is 1.44. The Morgan fingerprint density at radius 2 is 1.20 bits per heavy atom. The Kier molecular flexibility index (Phi) is 33.4. The van der Waals surface area contributed by atoms with Crippen LogP contribution >= 0.6 is 23.5 Å². The second-order valence-electron chi connectivity index (χ2n) is 26.7. The molecule has 1 saturated heterocycles. The average Bonchev–Trinajstić information content (AvgIpc) is 1.63. The number of carboxylic acids is 2. The minimum Gasteiger partial charge on any atom is -0.481 e. The van der Waals surface area contributed by atoms with Gasteiger partial charge < -0.3 is 83.9 Å². The summed E-state index contributed by atoms with van der Waals surface area (Å²) in [5.74, 6) is -12.8. The maximum Gasteiger partial charge on any atom is 0.305 e. The molecule has 19 N–H and O–H groups in total. The van der Waals surface area contributed by atoms with Gasteiger partial charge in [0.15, 0.2) is 11.6 Å². The fourth-order valence-corrected chi connectivity index (χ4v) is 14.2. The second kappa shape index (κ2) is 41.4. The van der Waals surface area contributed by atoms with Crippen LogP contribution in [0.4, 0.5) is 0 Å². The fourth-order valence-electron chi connectivity index (χ4n) is 12.0. The third-order valence-corrected chi connectivity index (χ3v) is 20.1. The van der Waals surface area contributed by atoms with Crippen LogP contribution in [0.2, 0.25) is 0 Å². The van der Waals surface area contributed by atoms with Gasteiger partial charge in [0, 0.05) is 88.4 Å². The molecule has 104 heavy (non-hydrogen) atoms. The first-order chi connectivity index (χ1) is 49.5. The molecule has 4 heterocycles. The number of Topliss-reactive ketones (excluding diaryl/α,β-unsaturated/α-hetero) is 3. The van der Waals surface area contributed by atoms with Crippen molar-refractivity contribution in [2.24, 2.45) is 17.6 Å². The number of carboxylic acid groups (broad SMARTS) is 2. The number of unbranched alkanes of at least 4 members (excludes halogenated alkanes) is 1. The number of carbonyl (C=O) groups excluding carboxylic acids is 11. The second-order valence-corrected chi connectivity index (χ2v) is 29.1. The highest BCUT2D eigenvalue weighted by molar-refractivity contribution is 8.16. The van der Waals surface area contributed by atoms with Crippen molar-refractivity contribution in [1.82, 2.24) is 78.4 Å². The lowest BCUT2D eigenvalue weighted by atomic mass is 9.95. The normalized spacial score (nSPS) is 23.6. The highest BCUT2D eigenvalue weighted by atomic mass is 32.2. The minimum absolute atomic E-state index is 0.0329. The number of aliphatic hydroxyl groups excluding tert-OH is 1. The zero-order valence-electron chi connectivity index (χ0n) is 59.7. The van der Waals surface area contributed by atoms with E-state index in [4.69, 9.17) is 5.73 Å². The van der Waals surface area contributed by atoms with Crippen molar-refractivity contribution in [3.05, 3.63) is 90.3 Å². The number of aliphatic hydroxyl groups is 1. The van der Waals surface area contributed by atoms with Crippen LogP contribution in [-0.4, -0.2) is 227 Å². The number of aromatic amines is 3. The number of H-pyrrole nitrogens is 3. The Labute approximate surface area is 610 Å². The number of para-hydroxylation sites is 2. The molecule has 0 radical (unpaired) electrons.